The van der Waals surface area contributed by atoms with Gasteiger partial charge in [0.15, 0.2) is 0 Å². The molecule has 0 aromatic rings. The highest BCUT2D eigenvalue weighted by Crippen LogP contribution is 2.09. The van der Waals surface area contributed by atoms with Crippen molar-refractivity contribution >= 4 is 6.09 Å². The summed E-state index contributed by atoms with van der Waals surface area (Å²) < 4.78 is 4.46. The third-order valence-corrected chi connectivity index (χ3v) is 2.07. The van der Waals surface area contributed by atoms with Gasteiger partial charge in [0.1, 0.15) is 0 Å². The first-order valence-electron chi connectivity index (χ1n) is 4.40. The summed E-state index contributed by atoms with van der Waals surface area (Å²) in [4.78, 5) is 12.9. The van der Waals surface area contributed by atoms with E-state index in [0.29, 0.717) is 6.54 Å². The predicted octanol–water partition coefficient (Wildman–Crippen LogP) is 0.604. The van der Waals surface area contributed by atoms with E-state index in [1.165, 1.54) is 12.7 Å². The third-order valence-electron chi connectivity index (χ3n) is 2.07. The Hall–Kier alpha value is -1.03. The molecule has 0 atom stereocenters. The second-order valence-corrected chi connectivity index (χ2v) is 3.23. The third kappa shape index (κ3) is 3.46. The van der Waals surface area contributed by atoms with Gasteiger partial charge in [-0.3, -0.25) is 4.90 Å². The number of likely N-dealkylation sites (N-methyl/N-ethyl adjacent to an activating group) is 1. The SMILES string of the molecule is COC(=O)NCCC1=CCN(C)C1. The van der Waals surface area contributed by atoms with E-state index in [2.05, 4.69) is 28.1 Å². The van der Waals surface area contributed by atoms with E-state index < -0.39 is 0 Å². The second kappa shape index (κ2) is 4.87. The molecule has 1 rings (SSSR count). The normalized spacial score (nSPS) is 16.9. The molecule has 1 N–H and O–H groups in total. The average Bonchev–Trinajstić information content (AvgIpc) is 2.51. The summed E-state index contributed by atoms with van der Waals surface area (Å²) in [6, 6.07) is 0. The predicted molar refractivity (Wildman–Crippen MR) is 50.6 cm³/mol. The van der Waals surface area contributed by atoms with Gasteiger partial charge in [0.2, 0.25) is 0 Å². The van der Waals surface area contributed by atoms with E-state index >= 15 is 0 Å². The van der Waals surface area contributed by atoms with E-state index in [1.54, 1.807) is 0 Å². The molecule has 0 aliphatic carbocycles. The number of nitrogens with one attached hydrogen (secondary N) is 1. The molecule has 4 heteroatoms. The average molecular weight is 184 g/mol. The van der Waals surface area contributed by atoms with Crippen molar-refractivity contribution in [1.29, 1.82) is 0 Å². The Morgan fingerprint density at radius 2 is 2.54 bits per heavy atom. The molecule has 1 aliphatic rings. The van der Waals surface area contributed by atoms with Crippen LogP contribution in [0.25, 0.3) is 0 Å². The minimum Gasteiger partial charge on any atom is -0.453 e. The number of alkyl carbamates (subject to hydrolysis) is 1. The molecule has 0 radical (unpaired) electrons. The smallest absolute Gasteiger partial charge is 0.406 e. The molecule has 0 saturated heterocycles. The molecular weight excluding hydrogens is 168 g/mol. The number of amides is 1. The molecule has 0 aromatic heterocycles. The first kappa shape index (κ1) is 10.1. The van der Waals surface area contributed by atoms with Crippen LogP contribution in [0, 0.1) is 0 Å². The second-order valence-electron chi connectivity index (χ2n) is 3.23. The van der Waals surface area contributed by atoms with Crippen LogP contribution < -0.4 is 5.32 Å². The number of carbonyl (C=O) groups excluding carboxylic acids is 1. The van der Waals surface area contributed by atoms with Crippen molar-refractivity contribution < 1.29 is 9.53 Å². The van der Waals surface area contributed by atoms with Gasteiger partial charge in [-0.25, -0.2) is 4.79 Å². The first-order chi connectivity index (χ1) is 6.22. The van der Waals surface area contributed by atoms with Gasteiger partial charge < -0.3 is 10.1 Å². The van der Waals surface area contributed by atoms with E-state index in [0.717, 1.165) is 19.5 Å². The fourth-order valence-electron chi connectivity index (χ4n) is 1.34. The largest absolute Gasteiger partial charge is 0.453 e. The number of methoxy groups -OCH3 is 1. The first-order valence-corrected chi connectivity index (χ1v) is 4.40. The van der Waals surface area contributed by atoms with Gasteiger partial charge in [-0.15, -0.1) is 0 Å². The molecule has 4 nitrogen and oxygen atoms in total. The number of carbonyl (C=O) groups is 1. The number of hydrogen-bond acceptors (Lipinski definition) is 3. The maximum atomic E-state index is 10.7. The Morgan fingerprint density at radius 3 is 3.08 bits per heavy atom. The van der Waals surface area contributed by atoms with Crippen LogP contribution >= 0.6 is 0 Å². The van der Waals surface area contributed by atoms with Gasteiger partial charge in [0, 0.05) is 19.6 Å². The van der Waals surface area contributed by atoms with Crippen molar-refractivity contribution in [1.82, 2.24) is 10.2 Å². The zero-order valence-corrected chi connectivity index (χ0v) is 8.17. The lowest BCUT2D eigenvalue weighted by Crippen LogP contribution is -2.24. The molecule has 0 spiro atoms. The van der Waals surface area contributed by atoms with Gasteiger partial charge in [-0.05, 0) is 13.5 Å². The molecule has 1 heterocycles. The fourth-order valence-corrected chi connectivity index (χ4v) is 1.34. The molecular formula is C9H16N2O2. The molecule has 1 aliphatic heterocycles. The summed E-state index contributed by atoms with van der Waals surface area (Å²) in [5.41, 5.74) is 1.39. The molecule has 0 aromatic carbocycles. The maximum absolute atomic E-state index is 10.7. The molecule has 0 unspecified atom stereocenters. The van der Waals surface area contributed by atoms with Crippen LogP contribution in [0.2, 0.25) is 0 Å². The van der Waals surface area contributed by atoms with Crippen LogP contribution in [0.15, 0.2) is 11.6 Å². The molecule has 0 fully saturated rings. The number of rotatable bonds is 3. The van der Waals surface area contributed by atoms with Crippen molar-refractivity contribution in [3.63, 3.8) is 0 Å². The summed E-state index contributed by atoms with van der Waals surface area (Å²) in [7, 11) is 3.45. The lowest BCUT2D eigenvalue weighted by atomic mass is 10.2. The highest BCUT2D eigenvalue weighted by atomic mass is 16.5. The number of ether oxygens (including phenoxy) is 1. The Morgan fingerprint density at radius 1 is 1.77 bits per heavy atom. The van der Waals surface area contributed by atoms with Gasteiger partial charge in [-0.2, -0.15) is 0 Å². The summed E-state index contributed by atoms with van der Waals surface area (Å²) >= 11 is 0. The Labute approximate surface area is 78.5 Å². The van der Waals surface area contributed by atoms with Crippen LogP contribution in [0.4, 0.5) is 4.79 Å². The van der Waals surface area contributed by atoms with E-state index in [4.69, 9.17) is 0 Å². The number of hydrogen-bond donors (Lipinski definition) is 1. The zero-order valence-electron chi connectivity index (χ0n) is 8.17. The van der Waals surface area contributed by atoms with E-state index in [1.807, 2.05) is 0 Å². The van der Waals surface area contributed by atoms with E-state index in [-0.39, 0.29) is 6.09 Å². The van der Waals surface area contributed by atoms with Crippen LogP contribution in [-0.2, 0) is 4.74 Å². The molecule has 1 amide bonds. The van der Waals surface area contributed by atoms with Gasteiger partial charge in [0.05, 0.1) is 7.11 Å². The minimum atomic E-state index is -0.355. The highest BCUT2D eigenvalue weighted by Gasteiger charge is 2.09. The van der Waals surface area contributed by atoms with Crippen molar-refractivity contribution in [2.45, 2.75) is 6.42 Å². The Bertz CT molecular complexity index is 214. The summed E-state index contributed by atoms with van der Waals surface area (Å²) in [6.07, 6.45) is 2.77. The maximum Gasteiger partial charge on any atom is 0.406 e. The standard InChI is InChI=1S/C9H16N2O2/c1-11-6-4-8(7-11)3-5-10-9(12)13-2/h4H,3,5-7H2,1-2H3,(H,10,12). The van der Waals surface area contributed by atoms with Gasteiger partial charge in [0.25, 0.3) is 0 Å². The fraction of sp³-hybridized carbons (Fsp3) is 0.667. The van der Waals surface area contributed by atoms with Crippen molar-refractivity contribution in [3.8, 4) is 0 Å². The zero-order chi connectivity index (χ0) is 9.68. The van der Waals surface area contributed by atoms with Crippen LogP contribution in [-0.4, -0.2) is 44.8 Å². The summed E-state index contributed by atoms with van der Waals surface area (Å²) in [5.74, 6) is 0. The Balaban J connectivity index is 2.10. The lowest BCUT2D eigenvalue weighted by Gasteiger charge is -2.07. The van der Waals surface area contributed by atoms with Gasteiger partial charge in [-0.1, -0.05) is 11.6 Å². The Kier molecular flexibility index (Phi) is 3.76. The quantitative estimate of drug-likeness (QED) is 0.653. The lowest BCUT2D eigenvalue weighted by molar-refractivity contribution is 0.171. The van der Waals surface area contributed by atoms with Gasteiger partial charge >= 0.3 is 6.09 Å². The van der Waals surface area contributed by atoms with Crippen LogP contribution in [0.3, 0.4) is 0 Å². The van der Waals surface area contributed by atoms with Crippen molar-refractivity contribution in [3.05, 3.63) is 11.6 Å². The van der Waals surface area contributed by atoms with Crippen LogP contribution in [0.5, 0.6) is 0 Å². The molecule has 13 heavy (non-hydrogen) atoms. The van der Waals surface area contributed by atoms with Crippen molar-refractivity contribution in [2.24, 2.45) is 0 Å². The summed E-state index contributed by atoms with van der Waals surface area (Å²) in [6.45, 7) is 2.70. The highest BCUT2D eigenvalue weighted by molar-refractivity contribution is 5.66. The van der Waals surface area contributed by atoms with Crippen molar-refractivity contribution in [2.75, 3.05) is 33.8 Å². The molecule has 0 bridgehead atoms. The summed E-state index contributed by atoms with van der Waals surface area (Å²) in [5, 5.41) is 2.65. The van der Waals surface area contributed by atoms with E-state index in [9.17, 15) is 4.79 Å². The monoisotopic (exact) mass is 184 g/mol. The molecule has 0 saturated carbocycles. The number of nitrogens with zero attached hydrogens (tertiary/aromatic N) is 1. The molecule has 74 valence electrons. The minimum absolute atomic E-state index is 0.355. The van der Waals surface area contributed by atoms with Crippen LogP contribution in [0.1, 0.15) is 6.42 Å². The topological polar surface area (TPSA) is 41.6 Å².